The van der Waals surface area contributed by atoms with Gasteiger partial charge in [0.25, 0.3) is 0 Å². The van der Waals surface area contributed by atoms with Gasteiger partial charge in [0.2, 0.25) is 5.91 Å². The van der Waals surface area contributed by atoms with Crippen molar-refractivity contribution in [1.82, 2.24) is 9.88 Å². The zero-order valence-electron chi connectivity index (χ0n) is 17.4. The van der Waals surface area contributed by atoms with Gasteiger partial charge in [-0.15, -0.1) is 0 Å². The van der Waals surface area contributed by atoms with Crippen molar-refractivity contribution in [1.29, 1.82) is 0 Å². The molecule has 156 valence electrons. The van der Waals surface area contributed by atoms with Crippen LogP contribution in [0.1, 0.15) is 85.7 Å². The zero-order chi connectivity index (χ0) is 20.5. The fourth-order valence-corrected chi connectivity index (χ4v) is 4.93. The van der Waals surface area contributed by atoms with Gasteiger partial charge in [-0.1, -0.05) is 33.1 Å². The highest BCUT2D eigenvalue weighted by Crippen LogP contribution is 2.42. The lowest BCUT2D eigenvalue weighted by Gasteiger charge is -2.33. The third-order valence-corrected chi connectivity index (χ3v) is 6.27. The number of hydrogen-bond donors (Lipinski definition) is 3. The van der Waals surface area contributed by atoms with Crippen LogP contribution < -0.4 is 5.32 Å². The van der Waals surface area contributed by atoms with Crippen molar-refractivity contribution in [3.05, 3.63) is 22.5 Å². The highest BCUT2D eigenvalue weighted by Gasteiger charge is 2.38. The number of carbonyl (C=O) groups excluding carboxylic acids is 2. The van der Waals surface area contributed by atoms with Crippen LogP contribution in [0.2, 0.25) is 0 Å². The summed E-state index contributed by atoms with van der Waals surface area (Å²) in [6.07, 6.45) is 6.49. The highest BCUT2D eigenvalue weighted by molar-refractivity contribution is 6.01. The second-order valence-corrected chi connectivity index (χ2v) is 9.31. The summed E-state index contributed by atoms with van der Waals surface area (Å²) in [6.45, 7) is 5.95. The molecular formula is C22H34N2O4. The Labute approximate surface area is 167 Å². The number of amides is 1. The SMILES string of the molecule is Cc1c(CC(=O)NC[C@@H](O)CO)c2c(n1C1CCCCC1)CC(C)(C)CC2=O. The first-order valence-electron chi connectivity index (χ1n) is 10.5. The Hall–Kier alpha value is -1.66. The van der Waals surface area contributed by atoms with Crippen LogP contribution in [-0.2, 0) is 17.6 Å². The standard InChI is InChI=1S/C22H34N2O4/c1-14-17(9-20(28)23-12-16(26)13-25)21-18(10-22(2,3)11-19(21)27)24(14)15-7-5-4-6-8-15/h15-16,25-26H,4-13H2,1-3H3,(H,23,28)/t16-/m1/s1. The molecule has 0 aromatic carbocycles. The maximum atomic E-state index is 13.0. The summed E-state index contributed by atoms with van der Waals surface area (Å²) < 4.78 is 2.37. The molecule has 6 nitrogen and oxygen atoms in total. The van der Waals surface area contributed by atoms with Crippen LogP contribution in [0.15, 0.2) is 0 Å². The average molecular weight is 391 g/mol. The smallest absolute Gasteiger partial charge is 0.224 e. The van der Waals surface area contributed by atoms with E-state index in [0.29, 0.717) is 12.5 Å². The number of fused-ring (bicyclic) bond motifs is 1. The molecule has 0 bridgehead atoms. The third kappa shape index (κ3) is 4.33. The molecule has 6 heteroatoms. The molecule has 0 saturated heterocycles. The highest BCUT2D eigenvalue weighted by atomic mass is 16.3. The van der Waals surface area contributed by atoms with E-state index >= 15 is 0 Å². The van der Waals surface area contributed by atoms with E-state index in [1.54, 1.807) is 0 Å². The van der Waals surface area contributed by atoms with E-state index in [2.05, 4.69) is 23.7 Å². The number of Topliss-reactive ketones (excluding diaryl/α,β-unsaturated/α-hetero) is 1. The Balaban J connectivity index is 1.95. The van der Waals surface area contributed by atoms with Gasteiger partial charge in [0.05, 0.1) is 19.1 Å². The summed E-state index contributed by atoms with van der Waals surface area (Å²) in [4.78, 5) is 25.5. The molecule has 2 aliphatic carbocycles. The first-order valence-corrected chi connectivity index (χ1v) is 10.5. The Morgan fingerprint density at radius 2 is 1.93 bits per heavy atom. The van der Waals surface area contributed by atoms with Crippen molar-refractivity contribution in [2.75, 3.05) is 13.2 Å². The van der Waals surface area contributed by atoms with Crippen molar-refractivity contribution in [3.63, 3.8) is 0 Å². The summed E-state index contributed by atoms with van der Waals surface area (Å²) in [5.74, 6) is -0.0843. The van der Waals surface area contributed by atoms with Gasteiger partial charge < -0.3 is 20.1 Å². The molecule has 2 aliphatic rings. The van der Waals surface area contributed by atoms with Crippen LogP contribution in [0.3, 0.4) is 0 Å². The lowest BCUT2D eigenvalue weighted by Crippen LogP contribution is -2.35. The van der Waals surface area contributed by atoms with E-state index in [9.17, 15) is 14.7 Å². The zero-order valence-corrected chi connectivity index (χ0v) is 17.4. The lowest BCUT2D eigenvalue weighted by molar-refractivity contribution is -0.121. The molecule has 0 spiro atoms. The predicted molar refractivity (Wildman–Crippen MR) is 108 cm³/mol. The minimum Gasteiger partial charge on any atom is -0.394 e. The Kier molecular flexibility index (Phi) is 6.30. The monoisotopic (exact) mass is 390 g/mol. The number of hydrogen-bond acceptors (Lipinski definition) is 4. The van der Waals surface area contributed by atoms with Gasteiger partial charge in [-0.2, -0.15) is 0 Å². The fourth-order valence-electron chi connectivity index (χ4n) is 4.93. The van der Waals surface area contributed by atoms with Crippen molar-refractivity contribution >= 4 is 11.7 Å². The van der Waals surface area contributed by atoms with E-state index in [1.165, 1.54) is 19.3 Å². The lowest BCUT2D eigenvalue weighted by atomic mass is 9.75. The summed E-state index contributed by atoms with van der Waals surface area (Å²) >= 11 is 0. The van der Waals surface area contributed by atoms with E-state index in [-0.39, 0.29) is 36.7 Å². The molecule has 1 aromatic rings. The molecule has 0 aliphatic heterocycles. The summed E-state index contributed by atoms with van der Waals surface area (Å²) in [5, 5.41) is 21.1. The van der Waals surface area contributed by atoms with E-state index in [4.69, 9.17) is 5.11 Å². The molecule has 1 heterocycles. The average Bonchev–Trinajstić information content (AvgIpc) is 2.90. The van der Waals surface area contributed by atoms with Crippen molar-refractivity contribution < 1.29 is 19.8 Å². The number of carbonyl (C=O) groups is 2. The largest absolute Gasteiger partial charge is 0.394 e. The number of rotatable bonds is 6. The molecule has 0 radical (unpaired) electrons. The molecule has 1 fully saturated rings. The molecule has 1 saturated carbocycles. The molecule has 3 rings (SSSR count). The molecule has 1 atom stereocenters. The normalized spacial score (nSPS) is 20.7. The van der Waals surface area contributed by atoms with E-state index in [1.807, 2.05) is 6.92 Å². The maximum Gasteiger partial charge on any atom is 0.224 e. The number of aliphatic hydroxyl groups is 2. The van der Waals surface area contributed by atoms with Crippen LogP contribution in [-0.4, -0.2) is 45.7 Å². The fraction of sp³-hybridized carbons (Fsp3) is 0.727. The molecule has 1 aromatic heterocycles. The first-order chi connectivity index (χ1) is 13.2. The van der Waals surface area contributed by atoms with Gasteiger partial charge in [-0.05, 0) is 37.2 Å². The third-order valence-electron chi connectivity index (χ3n) is 6.27. The van der Waals surface area contributed by atoms with Gasteiger partial charge in [-0.3, -0.25) is 9.59 Å². The van der Waals surface area contributed by atoms with Crippen molar-refractivity contribution in [2.45, 2.75) is 84.3 Å². The quantitative estimate of drug-likeness (QED) is 0.696. The van der Waals surface area contributed by atoms with E-state index < -0.39 is 6.10 Å². The van der Waals surface area contributed by atoms with Crippen LogP contribution >= 0.6 is 0 Å². The second kappa shape index (κ2) is 8.37. The molecule has 1 amide bonds. The molecular weight excluding hydrogens is 356 g/mol. The van der Waals surface area contributed by atoms with Gasteiger partial charge in [-0.25, -0.2) is 0 Å². The number of nitrogens with one attached hydrogen (secondary N) is 1. The van der Waals surface area contributed by atoms with Gasteiger partial charge in [0.1, 0.15) is 0 Å². The van der Waals surface area contributed by atoms with Gasteiger partial charge in [0, 0.05) is 36.0 Å². The van der Waals surface area contributed by atoms with Crippen LogP contribution in [0.5, 0.6) is 0 Å². The van der Waals surface area contributed by atoms with Crippen LogP contribution in [0, 0.1) is 12.3 Å². The van der Waals surface area contributed by atoms with Crippen molar-refractivity contribution in [2.24, 2.45) is 5.41 Å². The first kappa shape index (κ1) is 21.1. The predicted octanol–water partition coefficient (Wildman–Crippen LogP) is 2.47. The minimum atomic E-state index is -0.965. The number of nitrogens with zero attached hydrogens (tertiary/aromatic N) is 1. The van der Waals surface area contributed by atoms with Gasteiger partial charge in [0.15, 0.2) is 5.78 Å². The second-order valence-electron chi connectivity index (χ2n) is 9.31. The summed E-state index contributed by atoms with van der Waals surface area (Å²) in [6, 6.07) is 0.414. The van der Waals surface area contributed by atoms with E-state index in [0.717, 1.165) is 41.8 Å². The molecule has 3 N–H and O–H groups in total. The van der Waals surface area contributed by atoms with Crippen LogP contribution in [0.25, 0.3) is 0 Å². The topological polar surface area (TPSA) is 91.6 Å². The Morgan fingerprint density at radius 3 is 2.57 bits per heavy atom. The number of aromatic nitrogens is 1. The molecule has 0 unspecified atom stereocenters. The summed E-state index contributed by atoms with van der Waals surface area (Å²) in [5.41, 5.74) is 3.70. The minimum absolute atomic E-state index is 0.0148. The number of ketones is 1. The Bertz CT molecular complexity index is 744. The number of aliphatic hydroxyl groups excluding tert-OH is 2. The summed E-state index contributed by atoms with van der Waals surface area (Å²) in [7, 11) is 0. The van der Waals surface area contributed by atoms with Crippen molar-refractivity contribution in [3.8, 4) is 0 Å². The van der Waals surface area contributed by atoms with Gasteiger partial charge >= 0.3 is 0 Å². The van der Waals surface area contributed by atoms with Crippen LogP contribution in [0.4, 0.5) is 0 Å². The molecule has 28 heavy (non-hydrogen) atoms. The maximum absolute atomic E-state index is 13.0. The Morgan fingerprint density at radius 1 is 1.25 bits per heavy atom.